The van der Waals surface area contributed by atoms with Crippen LogP contribution in [0, 0.1) is 0 Å². The number of aromatic nitrogens is 2. The van der Waals surface area contributed by atoms with Gasteiger partial charge in [-0.15, -0.1) is 22.7 Å². The molecule has 3 aromatic rings. The third-order valence-electron chi connectivity index (χ3n) is 6.63. The third-order valence-corrected chi connectivity index (χ3v) is 8.68. The van der Waals surface area contributed by atoms with Crippen LogP contribution in [0.5, 0.6) is 0 Å². The van der Waals surface area contributed by atoms with Gasteiger partial charge in [-0.3, -0.25) is 4.79 Å². The Labute approximate surface area is 189 Å². The molecule has 2 saturated heterocycles. The summed E-state index contributed by atoms with van der Waals surface area (Å²) in [6, 6.07) is 4.16. The Morgan fingerprint density at radius 2 is 1.97 bits per heavy atom. The van der Waals surface area contributed by atoms with Gasteiger partial charge < -0.3 is 14.5 Å². The van der Waals surface area contributed by atoms with Crippen LogP contribution in [-0.4, -0.2) is 59.7 Å². The molecule has 0 unspecified atom stereocenters. The van der Waals surface area contributed by atoms with Crippen LogP contribution in [0.1, 0.15) is 36.1 Å². The number of ether oxygens (including phenoxy) is 1. The van der Waals surface area contributed by atoms with Gasteiger partial charge in [0.2, 0.25) is 0 Å². The minimum absolute atomic E-state index is 0.164. The van der Waals surface area contributed by atoms with Crippen LogP contribution in [0.25, 0.3) is 20.9 Å². The summed E-state index contributed by atoms with van der Waals surface area (Å²) in [6.07, 6.45) is 6.42. The minimum Gasteiger partial charge on any atom is -0.368 e. The number of piperazine rings is 1. The lowest BCUT2D eigenvalue weighted by Gasteiger charge is -2.36. The molecule has 1 aliphatic carbocycles. The van der Waals surface area contributed by atoms with Gasteiger partial charge in [0.05, 0.1) is 10.3 Å². The van der Waals surface area contributed by atoms with Crippen LogP contribution in [0.2, 0.25) is 0 Å². The topological polar surface area (TPSA) is 58.6 Å². The molecule has 31 heavy (non-hydrogen) atoms. The van der Waals surface area contributed by atoms with Crippen molar-refractivity contribution in [2.24, 2.45) is 0 Å². The van der Waals surface area contributed by atoms with Gasteiger partial charge in [0.1, 0.15) is 16.8 Å². The molecule has 5 heterocycles. The number of rotatable bonds is 3. The van der Waals surface area contributed by atoms with Crippen molar-refractivity contribution in [3.05, 3.63) is 28.0 Å². The molecule has 162 valence electrons. The molecule has 1 amide bonds. The first-order chi connectivity index (χ1) is 15.3. The van der Waals surface area contributed by atoms with E-state index in [4.69, 9.17) is 14.7 Å². The second-order valence-electron chi connectivity index (χ2n) is 8.55. The van der Waals surface area contributed by atoms with Gasteiger partial charge >= 0.3 is 0 Å². The van der Waals surface area contributed by atoms with E-state index in [0.29, 0.717) is 6.61 Å². The van der Waals surface area contributed by atoms with E-state index < -0.39 is 0 Å². The number of fused-ring (bicyclic) bond motifs is 3. The van der Waals surface area contributed by atoms with E-state index in [-0.39, 0.29) is 12.0 Å². The lowest BCUT2D eigenvalue weighted by Crippen LogP contribution is -2.51. The van der Waals surface area contributed by atoms with Gasteiger partial charge in [-0.25, -0.2) is 9.97 Å². The molecule has 6 rings (SSSR count). The van der Waals surface area contributed by atoms with Gasteiger partial charge in [-0.1, -0.05) is 6.07 Å². The Kier molecular flexibility index (Phi) is 5.16. The SMILES string of the molecule is O=C([C@H]1CCCO1)N1CCN(c2nc(-c3cccs3)nc3sc4c(c23)CCCC4)CC1. The third kappa shape index (κ3) is 3.54. The average Bonchev–Trinajstić information content (AvgIpc) is 3.58. The minimum atomic E-state index is -0.230. The van der Waals surface area contributed by atoms with Crippen molar-refractivity contribution in [2.75, 3.05) is 37.7 Å². The summed E-state index contributed by atoms with van der Waals surface area (Å²) < 4.78 is 5.62. The van der Waals surface area contributed by atoms with E-state index in [1.165, 1.54) is 28.7 Å². The van der Waals surface area contributed by atoms with Crippen molar-refractivity contribution in [3.63, 3.8) is 0 Å². The highest BCUT2D eigenvalue weighted by Crippen LogP contribution is 2.41. The van der Waals surface area contributed by atoms with E-state index in [1.807, 2.05) is 16.2 Å². The molecular weight excluding hydrogens is 428 g/mol. The second-order valence-corrected chi connectivity index (χ2v) is 10.6. The molecule has 2 aliphatic heterocycles. The number of hydrogen-bond donors (Lipinski definition) is 0. The van der Waals surface area contributed by atoms with E-state index in [1.54, 1.807) is 11.3 Å². The number of amides is 1. The zero-order valence-corrected chi connectivity index (χ0v) is 19.1. The number of nitrogens with zero attached hydrogens (tertiary/aromatic N) is 4. The molecule has 0 bridgehead atoms. The Morgan fingerprint density at radius 1 is 1.10 bits per heavy atom. The molecule has 3 aromatic heterocycles. The average molecular weight is 455 g/mol. The summed E-state index contributed by atoms with van der Waals surface area (Å²) in [6.45, 7) is 3.78. The Hall–Kier alpha value is -2.03. The standard InChI is InChI=1S/C23H26N4O2S2/c28-23(16-6-3-13-29-16)27-11-9-26(10-12-27)21-19-15-5-1-2-7-17(15)31-22(19)25-20(24-21)18-8-4-14-30-18/h4,8,14,16H,1-3,5-7,9-13H2/t16-/m1/s1. The van der Waals surface area contributed by atoms with Crippen molar-refractivity contribution in [2.45, 2.75) is 44.6 Å². The quantitative estimate of drug-likeness (QED) is 0.596. The number of thiophene rings is 2. The summed E-state index contributed by atoms with van der Waals surface area (Å²) in [5.74, 6) is 2.06. The Morgan fingerprint density at radius 3 is 2.74 bits per heavy atom. The van der Waals surface area contributed by atoms with E-state index >= 15 is 0 Å². The summed E-state index contributed by atoms with van der Waals surface area (Å²) in [4.78, 5) is 30.9. The fourth-order valence-corrected chi connectivity index (χ4v) is 6.91. The van der Waals surface area contributed by atoms with Crippen LogP contribution in [-0.2, 0) is 22.4 Å². The predicted octanol–water partition coefficient (Wildman–Crippen LogP) is 4.13. The Bertz CT molecular complexity index is 1100. The molecule has 0 aromatic carbocycles. The predicted molar refractivity (Wildman–Crippen MR) is 125 cm³/mol. The first kappa shape index (κ1) is 19.6. The van der Waals surface area contributed by atoms with Gasteiger partial charge in [0, 0.05) is 37.7 Å². The fourth-order valence-electron chi connectivity index (χ4n) is 5.00. The largest absolute Gasteiger partial charge is 0.368 e. The summed E-state index contributed by atoms with van der Waals surface area (Å²) in [7, 11) is 0. The van der Waals surface area contributed by atoms with Gasteiger partial charge in [0.25, 0.3) is 5.91 Å². The van der Waals surface area contributed by atoms with Crippen molar-refractivity contribution in [1.29, 1.82) is 0 Å². The highest BCUT2D eigenvalue weighted by molar-refractivity contribution is 7.19. The maximum Gasteiger partial charge on any atom is 0.251 e. The first-order valence-electron chi connectivity index (χ1n) is 11.3. The zero-order chi connectivity index (χ0) is 20.8. The molecule has 3 aliphatic rings. The van der Waals surface area contributed by atoms with Gasteiger partial charge in [-0.2, -0.15) is 0 Å². The van der Waals surface area contributed by atoms with Crippen LogP contribution < -0.4 is 4.90 Å². The lowest BCUT2D eigenvalue weighted by atomic mass is 9.97. The number of hydrogen-bond acceptors (Lipinski definition) is 7. The zero-order valence-electron chi connectivity index (χ0n) is 17.5. The smallest absolute Gasteiger partial charge is 0.251 e. The second kappa shape index (κ2) is 8.15. The highest BCUT2D eigenvalue weighted by Gasteiger charge is 2.32. The van der Waals surface area contributed by atoms with Crippen molar-refractivity contribution < 1.29 is 9.53 Å². The normalized spacial score (nSPS) is 21.6. The molecular formula is C23H26N4O2S2. The van der Waals surface area contributed by atoms with E-state index in [0.717, 1.165) is 73.2 Å². The number of anilines is 1. The highest BCUT2D eigenvalue weighted by atomic mass is 32.1. The lowest BCUT2D eigenvalue weighted by molar-refractivity contribution is -0.141. The van der Waals surface area contributed by atoms with Crippen molar-refractivity contribution in [1.82, 2.24) is 14.9 Å². The summed E-state index contributed by atoms with van der Waals surface area (Å²) in [5.41, 5.74) is 1.47. The molecule has 1 atom stereocenters. The number of carbonyl (C=O) groups is 1. The molecule has 0 spiro atoms. The molecule has 8 heteroatoms. The first-order valence-corrected chi connectivity index (χ1v) is 13.0. The molecule has 0 N–H and O–H groups in total. The van der Waals surface area contributed by atoms with Gasteiger partial charge in [0.15, 0.2) is 5.82 Å². The fraction of sp³-hybridized carbons (Fsp3) is 0.522. The summed E-state index contributed by atoms with van der Waals surface area (Å²) in [5, 5.41) is 3.34. The van der Waals surface area contributed by atoms with Gasteiger partial charge in [-0.05, 0) is 55.5 Å². The van der Waals surface area contributed by atoms with Crippen LogP contribution >= 0.6 is 22.7 Å². The maximum absolute atomic E-state index is 12.8. The van der Waals surface area contributed by atoms with Crippen LogP contribution in [0.4, 0.5) is 5.82 Å². The molecule has 6 nitrogen and oxygen atoms in total. The van der Waals surface area contributed by atoms with E-state index in [9.17, 15) is 4.79 Å². The number of aryl methyl sites for hydroxylation is 2. The van der Waals surface area contributed by atoms with Crippen LogP contribution in [0.15, 0.2) is 17.5 Å². The Balaban J connectivity index is 1.34. The molecule has 2 fully saturated rings. The number of carbonyl (C=O) groups excluding carboxylic acids is 1. The molecule has 0 radical (unpaired) electrons. The van der Waals surface area contributed by atoms with Crippen molar-refractivity contribution >= 4 is 44.6 Å². The monoisotopic (exact) mass is 454 g/mol. The summed E-state index contributed by atoms with van der Waals surface area (Å²) >= 11 is 3.54. The molecule has 0 saturated carbocycles. The maximum atomic E-state index is 12.8. The van der Waals surface area contributed by atoms with E-state index in [2.05, 4.69) is 22.4 Å². The van der Waals surface area contributed by atoms with Crippen molar-refractivity contribution in [3.8, 4) is 10.7 Å². The van der Waals surface area contributed by atoms with Crippen LogP contribution in [0.3, 0.4) is 0 Å².